The molecule has 1 aliphatic heterocycles. The molecule has 3 nitrogen and oxygen atoms in total. The molecule has 1 rings (SSSR count). The number of hydrogen-bond acceptors (Lipinski definition) is 2. The second-order valence-corrected chi connectivity index (χ2v) is 3.17. The third-order valence-corrected chi connectivity index (χ3v) is 1.66. The maximum Gasteiger partial charge on any atom is 0.253 e. The number of imide groups is 1. The van der Waals surface area contributed by atoms with Gasteiger partial charge in [-0.2, -0.15) is 0 Å². The Labute approximate surface area is 79.2 Å². The molecular formula is C10H17NO2. The largest absolute Gasteiger partial charge is 0.292 e. The maximum absolute atomic E-state index is 10.8. The third kappa shape index (κ3) is 3.87. The zero-order chi connectivity index (χ0) is 10.4. The molecule has 1 heterocycles. The first kappa shape index (κ1) is 11.9. The van der Waals surface area contributed by atoms with Crippen LogP contribution in [-0.4, -0.2) is 11.8 Å². The monoisotopic (exact) mass is 183 g/mol. The summed E-state index contributed by atoms with van der Waals surface area (Å²) in [4.78, 5) is 21.5. The number of carbonyl (C=O) groups is 2. The summed E-state index contributed by atoms with van der Waals surface area (Å²) < 4.78 is 0. The Morgan fingerprint density at radius 2 is 1.69 bits per heavy atom. The fraction of sp³-hybridized carbons (Fsp3) is 0.600. The molecule has 0 fully saturated rings. The van der Waals surface area contributed by atoms with Crippen molar-refractivity contribution in [3.63, 3.8) is 0 Å². The quantitative estimate of drug-likeness (QED) is 0.582. The number of hydrogen-bond donors (Lipinski definition) is 1. The Morgan fingerprint density at radius 3 is 2.08 bits per heavy atom. The Balaban J connectivity index is 0.000000424. The van der Waals surface area contributed by atoms with Crippen molar-refractivity contribution in [2.75, 3.05) is 0 Å². The lowest BCUT2D eigenvalue weighted by Gasteiger charge is -2.12. The van der Waals surface area contributed by atoms with Crippen LogP contribution in [0, 0.1) is 0 Å². The van der Waals surface area contributed by atoms with E-state index >= 15 is 0 Å². The van der Waals surface area contributed by atoms with Crippen LogP contribution in [-0.2, 0) is 9.59 Å². The molecule has 0 unspecified atom stereocenters. The van der Waals surface area contributed by atoms with Gasteiger partial charge >= 0.3 is 0 Å². The summed E-state index contributed by atoms with van der Waals surface area (Å²) in [6, 6.07) is 0. The zero-order valence-electron chi connectivity index (χ0n) is 8.73. The van der Waals surface area contributed by atoms with E-state index in [-0.39, 0.29) is 11.8 Å². The van der Waals surface area contributed by atoms with Crippen LogP contribution >= 0.6 is 0 Å². The van der Waals surface area contributed by atoms with Crippen LogP contribution in [0.2, 0.25) is 0 Å². The Morgan fingerprint density at radius 1 is 1.23 bits per heavy atom. The standard InChI is InChI=1S/C7H9NO2.C3H8/c1-4-3-6(9)8-7(10)5(4)2;1-3-2/h3H2,1-2H3,(H,8,9,10);3H2,1-2H3. The van der Waals surface area contributed by atoms with Gasteiger partial charge in [-0.1, -0.05) is 25.8 Å². The third-order valence-electron chi connectivity index (χ3n) is 1.66. The minimum Gasteiger partial charge on any atom is -0.292 e. The smallest absolute Gasteiger partial charge is 0.253 e. The summed E-state index contributed by atoms with van der Waals surface area (Å²) in [5.41, 5.74) is 1.54. The summed E-state index contributed by atoms with van der Waals surface area (Å²) >= 11 is 0. The lowest BCUT2D eigenvalue weighted by molar-refractivity contribution is -0.129. The normalized spacial score (nSPS) is 16.3. The lowest BCUT2D eigenvalue weighted by Crippen LogP contribution is -2.35. The van der Waals surface area contributed by atoms with E-state index < -0.39 is 0 Å². The van der Waals surface area contributed by atoms with E-state index in [1.54, 1.807) is 13.8 Å². The van der Waals surface area contributed by atoms with Crippen LogP contribution in [0.25, 0.3) is 0 Å². The van der Waals surface area contributed by atoms with Gasteiger partial charge in [0.05, 0.1) is 0 Å². The molecule has 0 atom stereocenters. The molecule has 2 amide bonds. The van der Waals surface area contributed by atoms with Gasteiger partial charge in [-0.05, 0) is 13.8 Å². The fourth-order valence-corrected chi connectivity index (χ4v) is 0.832. The molecule has 3 heteroatoms. The van der Waals surface area contributed by atoms with Gasteiger partial charge in [0, 0.05) is 12.0 Å². The van der Waals surface area contributed by atoms with Crippen LogP contribution in [0.4, 0.5) is 0 Å². The van der Waals surface area contributed by atoms with Gasteiger partial charge in [-0.25, -0.2) is 0 Å². The summed E-state index contributed by atoms with van der Waals surface area (Å²) in [5.74, 6) is -0.457. The molecule has 0 radical (unpaired) electrons. The van der Waals surface area contributed by atoms with Crippen molar-refractivity contribution < 1.29 is 9.59 Å². The molecule has 0 saturated heterocycles. The predicted octanol–water partition coefficient (Wildman–Crippen LogP) is 1.79. The molecule has 1 aliphatic rings. The first-order chi connectivity index (χ1) is 6.02. The summed E-state index contributed by atoms with van der Waals surface area (Å²) in [6.45, 7) is 7.77. The lowest BCUT2D eigenvalue weighted by atomic mass is 10.0. The van der Waals surface area contributed by atoms with E-state index in [1.165, 1.54) is 6.42 Å². The molecule has 74 valence electrons. The van der Waals surface area contributed by atoms with Gasteiger partial charge in [0.15, 0.2) is 0 Å². The molecule has 0 saturated carbocycles. The van der Waals surface area contributed by atoms with E-state index in [0.717, 1.165) is 5.57 Å². The van der Waals surface area contributed by atoms with Crippen molar-refractivity contribution in [1.29, 1.82) is 0 Å². The highest BCUT2D eigenvalue weighted by Gasteiger charge is 2.18. The van der Waals surface area contributed by atoms with Crippen molar-refractivity contribution >= 4 is 11.8 Å². The average Bonchev–Trinajstić information content (AvgIpc) is 2.01. The Bertz CT molecular complexity index is 241. The second kappa shape index (κ2) is 5.51. The van der Waals surface area contributed by atoms with Gasteiger partial charge in [-0.15, -0.1) is 0 Å². The van der Waals surface area contributed by atoms with Crippen LogP contribution in [0.15, 0.2) is 11.1 Å². The second-order valence-electron chi connectivity index (χ2n) is 3.17. The van der Waals surface area contributed by atoms with Crippen LogP contribution in [0.3, 0.4) is 0 Å². The molecular weight excluding hydrogens is 166 g/mol. The minimum absolute atomic E-state index is 0.201. The summed E-state index contributed by atoms with van der Waals surface area (Å²) in [6.07, 6.45) is 1.61. The highest BCUT2D eigenvalue weighted by atomic mass is 16.2. The first-order valence-corrected chi connectivity index (χ1v) is 4.53. The van der Waals surface area contributed by atoms with Gasteiger partial charge in [0.2, 0.25) is 5.91 Å². The Hall–Kier alpha value is -1.12. The molecule has 0 aromatic heterocycles. The van der Waals surface area contributed by atoms with Crippen LogP contribution < -0.4 is 5.32 Å². The highest BCUT2D eigenvalue weighted by Crippen LogP contribution is 2.11. The van der Waals surface area contributed by atoms with Gasteiger partial charge < -0.3 is 0 Å². The van der Waals surface area contributed by atoms with E-state index in [2.05, 4.69) is 19.2 Å². The molecule has 0 bridgehead atoms. The number of rotatable bonds is 0. The van der Waals surface area contributed by atoms with E-state index in [0.29, 0.717) is 12.0 Å². The van der Waals surface area contributed by atoms with E-state index in [1.807, 2.05) is 0 Å². The van der Waals surface area contributed by atoms with Gasteiger partial charge in [-0.3, -0.25) is 14.9 Å². The molecule has 0 aromatic carbocycles. The number of amides is 2. The minimum atomic E-state index is -0.256. The summed E-state index contributed by atoms with van der Waals surface area (Å²) in [5, 5.41) is 2.22. The number of carbonyl (C=O) groups excluding carboxylic acids is 2. The molecule has 0 aliphatic carbocycles. The molecule has 0 spiro atoms. The SMILES string of the molecule is CC1=C(C)C(=O)NC(=O)C1.CCC. The van der Waals surface area contributed by atoms with Crippen molar-refractivity contribution in [2.24, 2.45) is 0 Å². The highest BCUT2D eigenvalue weighted by molar-refractivity contribution is 6.07. The molecule has 1 N–H and O–H groups in total. The molecule has 13 heavy (non-hydrogen) atoms. The fourth-order valence-electron chi connectivity index (χ4n) is 0.832. The first-order valence-electron chi connectivity index (χ1n) is 4.53. The average molecular weight is 183 g/mol. The van der Waals surface area contributed by atoms with Crippen molar-refractivity contribution in [3.05, 3.63) is 11.1 Å². The van der Waals surface area contributed by atoms with Crippen molar-refractivity contribution in [1.82, 2.24) is 5.32 Å². The van der Waals surface area contributed by atoms with Crippen molar-refractivity contribution in [3.8, 4) is 0 Å². The number of nitrogens with one attached hydrogen (secondary N) is 1. The van der Waals surface area contributed by atoms with Crippen LogP contribution in [0.1, 0.15) is 40.5 Å². The Kier molecular flexibility index (Phi) is 5.04. The van der Waals surface area contributed by atoms with Crippen LogP contribution in [0.5, 0.6) is 0 Å². The zero-order valence-corrected chi connectivity index (χ0v) is 8.73. The van der Waals surface area contributed by atoms with E-state index in [4.69, 9.17) is 0 Å². The maximum atomic E-state index is 10.8. The van der Waals surface area contributed by atoms with Gasteiger partial charge in [0.25, 0.3) is 5.91 Å². The van der Waals surface area contributed by atoms with Crippen molar-refractivity contribution in [2.45, 2.75) is 40.5 Å². The topological polar surface area (TPSA) is 46.2 Å². The summed E-state index contributed by atoms with van der Waals surface area (Å²) in [7, 11) is 0. The van der Waals surface area contributed by atoms with Gasteiger partial charge in [0.1, 0.15) is 0 Å². The van der Waals surface area contributed by atoms with E-state index in [9.17, 15) is 9.59 Å². The predicted molar refractivity (Wildman–Crippen MR) is 52.1 cm³/mol. The molecule has 0 aromatic rings.